The Morgan fingerprint density at radius 1 is 0.500 bits per heavy atom. The second-order valence-corrected chi connectivity index (χ2v) is 3.46. The van der Waals surface area contributed by atoms with E-state index in [9.17, 15) is 20.4 Å². The molecule has 8 heteroatoms. The molecule has 0 fully saturated rings. The smallest absolute Gasteiger partial charge is 0.111 e. The van der Waals surface area contributed by atoms with E-state index in [1.54, 1.807) is 0 Å². The third-order valence-electron chi connectivity index (χ3n) is 2.21. The Labute approximate surface area is 91.6 Å². The molecule has 0 saturated carbocycles. The number of aliphatic hydroxyl groups excluding tert-OH is 8. The fourth-order valence-corrected chi connectivity index (χ4v) is 1.08. The minimum atomic E-state index is -1.97. The quantitative estimate of drug-likeness (QED) is 0.220. The monoisotopic (exact) mass is 242 g/mol. The summed E-state index contributed by atoms with van der Waals surface area (Å²) in [5.74, 6) is 0. The highest BCUT2D eigenvalue weighted by molar-refractivity contribution is 4.87. The van der Waals surface area contributed by atoms with Crippen molar-refractivity contribution in [1.29, 1.82) is 0 Å². The van der Waals surface area contributed by atoms with E-state index < -0.39 is 49.8 Å². The zero-order valence-corrected chi connectivity index (χ0v) is 8.46. The minimum absolute atomic E-state index is 0.844. The number of hydrogen-bond donors (Lipinski definition) is 8. The minimum Gasteiger partial charge on any atom is -0.394 e. The highest BCUT2D eigenvalue weighted by Gasteiger charge is 2.36. The summed E-state index contributed by atoms with van der Waals surface area (Å²) in [6.07, 6.45) is -11.1. The molecule has 0 rings (SSSR count). The molecule has 16 heavy (non-hydrogen) atoms. The Bertz CT molecular complexity index is 169. The molecule has 0 saturated heterocycles. The average Bonchev–Trinajstić information content (AvgIpc) is 2.32. The van der Waals surface area contributed by atoms with Crippen LogP contribution in [0.4, 0.5) is 0 Å². The summed E-state index contributed by atoms with van der Waals surface area (Å²) >= 11 is 0. The van der Waals surface area contributed by atoms with E-state index in [4.69, 9.17) is 20.4 Å². The maximum Gasteiger partial charge on any atom is 0.111 e. The number of aliphatic hydroxyl groups is 8. The van der Waals surface area contributed by atoms with Crippen molar-refractivity contribution in [3.05, 3.63) is 0 Å². The Morgan fingerprint density at radius 2 is 0.750 bits per heavy atom. The molecule has 6 atom stereocenters. The second-order valence-electron chi connectivity index (χ2n) is 3.46. The van der Waals surface area contributed by atoms with Crippen LogP contribution in [0.5, 0.6) is 0 Å². The Morgan fingerprint density at radius 3 is 0.938 bits per heavy atom. The highest BCUT2D eigenvalue weighted by atomic mass is 16.4. The lowest BCUT2D eigenvalue weighted by Crippen LogP contribution is -2.53. The molecular formula is C8H18O8. The molecule has 0 radical (unpaired) electrons. The van der Waals surface area contributed by atoms with Gasteiger partial charge < -0.3 is 40.9 Å². The molecule has 0 aliphatic carbocycles. The lowest BCUT2D eigenvalue weighted by atomic mass is 9.97. The van der Waals surface area contributed by atoms with Crippen molar-refractivity contribution in [2.75, 3.05) is 13.2 Å². The van der Waals surface area contributed by atoms with Crippen molar-refractivity contribution in [3.8, 4) is 0 Å². The van der Waals surface area contributed by atoms with Crippen molar-refractivity contribution in [3.63, 3.8) is 0 Å². The molecule has 0 amide bonds. The Balaban J connectivity index is 4.41. The second kappa shape index (κ2) is 7.09. The van der Waals surface area contributed by atoms with Crippen LogP contribution in [-0.4, -0.2) is 90.7 Å². The third kappa shape index (κ3) is 3.92. The zero-order valence-electron chi connectivity index (χ0n) is 8.46. The van der Waals surface area contributed by atoms with E-state index >= 15 is 0 Å². The topological polar surface area (TPSA) is 162 Å². The Hall–Kier alpha value is -0.320. The molecule has 0 unspecified atom stereocenters. The van der Waals surface area contributed by atoms with E-state index in [2.05, 4.69) is 0 Å². The molecule has 0 aromatic rings. The van der Waals surface area contributed by atoms with Gasteiger partial charge in [0, 0.05) is 0 Å². The summed E-state index contributed by atoms with van der Waals surface area (Å²) in [6, 6.07) is 0. The van der Waals surface area contributed by atoms with Crippen LogP contribution in [0.3, 0.4) is 0 Å². The van der Waals surface area contributed by atoms with Crippen LogP contribution < -0.4 is 0 Å². The van der Waals surface area contributed by atoms with E-state index in [1.807, 2.05) is 0 Å². The molecule has 0 aromatic heterocycles. The van der Waals surface area contributed by atoms with Crippen LogP contribution >= 0.6 is 0 Å². The summed E-state index contributed by atoms with van der Waals surface area (Å²) in [7, 11) is 0. The first kappa shape index (κ1) is 15.7. The maximum atomic E-state index is 9.28. The van der Waals surface area contributed by atoms with Crippen molar-refractivity contribution in [2.24, 2.45) is 0 Å². The molecule has 0 bridgehead atoms. The van der Waals surface area contributed by atoms with Gasteiger partial charge in [-0.3, -0.25) is 0 Å². The van der Waals surface area contributed by atoms with Crippen molar-refractivity contribution in [2.45, 2.75) is 36.6 Å². The average molecular weight is 242 g/mol. The highest BCUT2D eigenvalue weighted by Crippen LogP contribution is 2.10. The molecule has 8 N–H and O–H groups in total. The van der Waals surface area contributed by atoms with Crippen LogP contribution in [0.15, 0.2) is 0 Å². The molecule has 0 spiro atoms. The summed E-state index contributed by atoms with van der Waals surface area (Å²) in [5.41, 5.74) is 0. The summed E-state index contributed by atoms with van der Waals surface area (Å²) in [5, 5.41) is 71.8. The van der Waals surface area contributed by atoms with E-state index in [0.29, 0.717) is 0 Å². The van der Waals surface area contributed by atoms with Gasteiger partial charge in [-0.05, 0) is 0 Å². The van der Waals surface area contributed by atoms with Gasteiger partial charge in [0.2, 0.25) is 0 Å². The van der Waals surface area contributed by atoms with Crippen LogP contribution in [0.25, 0.3) is 0 Å². The van der Waals surface area contributed by atoms with Crippen LogP contribution in [0, 0.1) is 0 Å². The zero-order chi connectivity index (χ0) is 12.9. The molecule has 0 aliphatic heterocycles. The van der Waals surface area contributed by atoms with Gasteiger partial charge in [-0.1, -0.05) is 0 Å². The van der Waals surface area contributed by atoms with Gasteiger partial charge in [-0.25, -0.2) is 0 Å². The van der Waals surface area contributed by atoms with E-state index in [-0.39, 0.29) is 0 Å². The summed E-state index contributed by atoms with van der Waals surface area (Å²) in [4.78, 5) is 0. The van der Waals surface area contributed by atoms with Gasteiger partial charge in [-0.15, -0.1) is 0 Å². The van der Waals surface area contributed by atoms with Crippen LogP contribution in [0.2, 0.25) is 0 Å². The lowest BCUT2D eigenvalue weighted by molar-refractivity contribution is -0.161. The summed E-state index contributed by atoms with van der Waals surface area (Å²) < 4.78 is 0. The lowest BCUT2D eigenvalue weighted by Gasteiger charge is -2.29. The molecule has 8 nitrogen and oxygen atoms in total. The fraction of sp³-hybridized carbons (Fsp3) is 1.00. The van der Waals surface area contributed by atoms with Gasteiger partial charge in [0.05, 0.1) is 13.2 Å². The first-order chi connectivity index (χ1) is 7.36. The number of rotatable bonds is 7. The first-order valence-corrected chi connectivity index (χ1v) is 4.66. The van der Waals surface area contributed by atoms with Gasteiger partial charge in [-0.2, -0.15) is 0 Å². The van der Waals surface area contributed by atoms with Gasteiger partial charge in [0.25, 0.3) is 0 Å². The van der Waals surface area contributed by atoms with Crippen LogP contribution in [-0.2, 0) is 0 Å². The van der Waals surface area contributed by atoms with E-state index in [0.717, 1.165) is 0 Å². The molecule has 0 aliphatic rings. The predicted octanol–water partition coefficient (Wildman–Crippen LogP) is -4.86. The molecule has 0 heterocycles. The van der Waals surface area contributed by atoms with Crippen molar-refractivity contribution < 1.29 is 40.9 Å². The molecule has 0 aromatic carbocycles. The Kier molecular flexibility index (Phi) is 6.95. The van der Waals surface area contributed by atoms with Crippen molar-refractivity contribution >= 4 is 0 Å². The maximum absolute atomic E-state index is 9.28. The summed E-state index contributed by atoms with van der Waals surface area (Å²) in [6.45, 7) is -1.69. The molecule has 98 valence electrons. The SMILES string of the molecule is OC[C@@H](O)[C@@H](O)[C@@H](O)[C@@H](O)[C@@H](O)[C@@H](O)CO. The molecular weight excluding hydrogens is 224 g/mol. The van der Waals surface area contributed by atoms with Gasteiger partial charge in [0.15, 0.2) is 0 Å². The van der Waals surface area contributed by atoms with Crippen LogP contribution in [0.1, 0.15) is 0 Å². The normalized spacial score (nSPS) is 23.2. The van der Waals surface area contributed by atoms with Crippen molar-refractivity contribution in [1.82, 2.24) is 0 Å². The predicted molar refractivity (Wildman–Crippen MR) is 50.2 cm³/mol. The third-order valence-corrected chi connectivity index (χ3v) is 2.21. The number of hydrogen-bond acceptors (Lipinski definition) is 8. The standard InChI is InChI=1S/C8H18O8/c9-1-3(11)5(13)7(15)8(16)6(14)4(12)2-10/h3-16H,1-2H2/t3-,4+,5-,6+,7-,8+. The van der Waals surface area contributed by atoms with E-state index in [1.165, 1.54) is 0 Å². The van der Waals surface area contributed by atoms with Gasteiger partial charge in [0.1, 0.15) is 36.6 Å². The van der Waals surface area contributed by atoms with Gasteiger partial charge >= 0.3 is 0 Å². The largest absolute Gasteiger partial charge is 0.394 e. The fourth-order valence-electron chi connectivity index (χ4n) is 1.08. The first-order valence-electron chi connectivity index (χ1n) is 4.66.